The molecule has 0 atom stereocenters. The minimum absolute atomic E-state index is 0.805. The van der Waals surface area contributed by atoms with Gasteiger partial charge in [-0.2, -0.15) is 0 Å². The maximum Gasteiger partial charge on any atom is 0.0963 e. The number of nitrogens with zero attached hydrogens (tertiary/aromatic N) is 6. The molecule has 6 nitrogen and oxygen atoms in total. The van der Waals surface area contributed by atoms with Gasteiger partial charge in [0, 0.05) is 51.7 Å². The quantitative estimate of drug-likeness (QED) is 0.172. The van der Waals surface area contributed by atoms with Crippen LogP contribution in [0.5, 0.6) is 0 Å². The van der Waals surface area contributed by atoms with Gasteiger partial charge in [-0.25, -0.2) is 4.98 Å². The number of hydrogen-bond acceptors (Lipinski definition) is 4. The molecule has 0 fully saturated rings. The lowest BCUT2D eigenvalue weighted by molar-refractivity contribution is 1.17. The van der Waals surface area contributed by atoms with Crippen molar-refractivity contribution < 1.29 is 0 Å². The van der Waals surface area contributed by atoms with Crippen molar-refractivity contribution in [2.24, 2.45) is 0 Å². The summed E-state index contributed by atoms with van der Waals surface area (Å²) in [6, 6.07) is 61.7. The molecule has 0 spiro atoms. The number of para-hydroxylation sites is 3. The number of hydrogen-bond donors (Lipinski definition) is 0. The summed E-state index contributed by atoms with van der Waals surface area (Å²) >= 11 is 0. The average molecular weight is 717 g/mol. The third-order valence-electron chi connectivity index (χ3n) is 10.7. The van der Waals surface area contributed by atoms with Gasteiger partial charge in [-0.1, -0.05) is 84.9 Å². The van der Waals surface area contributed by atoms with Crippen molar-refractivity contribution in [1.82, 2.24) is 29.1 Å². The smallest absolute Gasteiger partial charge is 0.0963 e. The van der Waals surface area contributed by atoms with Crippen molar-refractivity contribution >= 4 is 43.7 Å². The molecular weight excluding hydrogens is 685 g/mol. The Morgan fingerprint density at radius 1 is 0.339 bits per heavy atom. The standard InChI is InChI=1S/C50H32N6/c1-2-12-36(13-3-1)55-47-26-23-34(30-41(47)49-48(55)20-11-29-53-49)38-15-10-16-40-39-14-4-5-19-46(39)56(50(38)40)37-24-21-33(22-25-37)35-31-44(42-17-6-8-27-51-42)54-45(32-35)43-18-7-9-28-52-43/h1-32H. The summed E-state index contributed by atoms with van der Waals surface area (Å²) < 4.78 is 4.71. The second kappa shape index (κ2) is 13.0. The molecule has 11 aromatic rings. The minimum Gasteiger partial charge on any atom is -0.309 e. The van der Waals surface area contributed by atoms with Crippen LogP contribution in [0.3, 0.4) is 0 Å². The zero-order valence-electron chi connectivity index (χ0n) is 30.2. The van der Waals surface area contributed by atoms with E-state index in [1.807, 2.05) is 48.7 Å². The van der Waals surface area contributed by atoms with Gasteiger partial charge in [-0.15, -0.1) is 0 Å². The molecule has 0 aliphatic heterocycles. The van der Waals surface area contributed by atoms with E-state index < -0.39 is 0 Å². The van der Waals surface area contributed by atoms with Crippen molar-refractivity contribution in [3.05, 3.63) is 195 Å². The lowest BCUT2D eigenvalue weighted by Crippen LogP contribution is -1.96. The predicted octanol–water partition coefficient (Wildman–Crippen LogP) is 12.1. The first kappa shape index (κ1) is 31.8. The van der Waals surface area contributed by atoms with Crippen LogP contribution in [-0.4, -0.2) is 29.1 Å². The van der Waals surface area contributed by atoms with Gasteiger partial charge in [0.1, 0.15) is 0 Å². The normalized spacial score (nSPS) is 11.6. The van der Waals surface area contributed by atoms with E-state index in [0.29, 0.717) is 0 Å². The topological polar surface area (TPSA) is 61.4 Å². The summed E-state index contributed by atoms with van der Waals surface area (Å²) in [5.41, 5.74) is 15.4. The molecule has 262 valence electrons. The Morgan fingerprint density at radius 3 is 1.71 bits per heavy atom. The predicted molar refractivity (Wildman–Crippen MR) is 228 cm³/mol. The average Bonchev–Trinajstić information content (AvgIpc) is 3.80. The maximum absolute atomic E-state index is 4.98. The van der Waals surface area contributed by atoms with Gasteiger partial charge in [0.05, 0.1) is 50.4 Å². The molecule has 0 aliphatic rings. The van der Waals surface area contributed by atoms with Gasteiger partial charge >= 0.3 is 0 Å². The second-order valence-electron chi connectivity index (χ2n) is 13.9. The summed E-state index contributed by atoms with van der Waals surface area (Å²) in [4.78, 5) is 19.1. The molecule has 6 heteroatoms. The molecule has 0 radical (unpaired) electrons. The molecule has 0 N–H and O–H groups in total. The molecule has 6 heterocycles. The number of aromatic nitrogens is 6. The van der Waals surface area contributed by atoms with Crippen molar-refractivity contribution in [3.63, 3.8) is 0 Å². The van der Waals surface area contributed by atoms with Crippen molar-refractivity contribution in [1.29, 1.82) is 0 Å². The number of fused-ring (bicyclic) bond motifs is 6. The van der Waals surface area contributed by atoms with Crippen LogP contribution in [0.2, 0.25) is 0 Å². The molecule has 0 aliphatic carbocycles. The first-order valence-corrected chi connectivity index (χ1v) is 18.7. The third kappa shape index (κ3) is 5.19. The summed E-state index contributed by atoms with van der Waals surface area (Å²) in [6.45, 7) is 0. The first-order chi connectivity index (χ1) is 27.8. The van der Waals surface area contributed by atoms with Crippen LogP contribution >= 0.6 is 0 Å². The van der Waals surface area contributed by atoms with E-state index in [4.69, 9.17) is 9.97 Å². The van der Waals surface area contributed by atoms with Crippen LogP contribution in [-0.2, 0) is 0 Å². The molecule has 0 unspecified atom stereocenters. The summed E-state index contributed by atoms with van der Waals surface area (Å²) in [5.74, 6) is 0. The molecule has 5 aromatic carbocycles. The van der Waals surface area contributed by atoms with E-state index in [-0.39, 0.29) is 0 Å². The monoisotopic (exact) mass is 716 g/mol. The second-order valence-corrected chi connectivity index (χ2v) is 13.9. The SMILES string of the molecule is c1ccc(-n2c3ccc(-c4cccc5c6ccccc6n(-c6ccc(-c7cc(-c8ccccn8)nc(-c8ccccn8)c7)cc6)c45)cc3c3ncccc32)cc1. The highest BCUT2D eigenvalue weighted by Gasteiger charge is 2.19. The molecule has 6 aromatic heterocycles. The Labute approximate surface area is 322 Å². The van der Waals surface area contributed by atoms with Gasteiger partial charge in [0.15, 0.2) is 0 Å². The van der Waals surface area contributed by atoms with E-state index in [1.54, 1.807) is 12.4 Å². The van der Waals surface area contributed by atoms with Crippen LogP contribution in [0.25, 0.3) is 100 Å². The van der Waals surface area contributed by atoms with Crippen molar-refractivity contribution in [3.8, 4) is 56.4 Å². The Morgan fingerprint density at radius 2 is 0.964 bits per heavy atom. The van der Waals surface area contributed by atoms with E-state index >= 15 is 0 Å². The molecule has 0 bridgehead atoms. The first-order valence-electron chi connectivity index (χ1n) is 18.7. The minimum atomic E-state index is 0.805. The van der Waals surface area contributed by atoms with Crippen molar-refractivity contribution in [2.45, 2.75) is 0 Å². The largest absolute Gasteiger partial charge is 0.309 e. The van der Waals surface area contributed by atoms with Crippen LogP contribution in [0.4, 0.5) is 0 Å². The third-order valence-corrected chi connectivity index (χ3v) is 10.7. The molecule has 0 amide bonds. The van der Waals surface area contributed by atoms with Gasteiger partial charge < -0.3 is 9.13 Å². The Bertz CT molecular complexity index is 3160. The Hall–Kier alpha value is -7.70. The number of benzene rings is 5. The van der Waals surface area contributed by atoms with Crippen LogP contribution < -0.4 is 0 Å². The van der Waals surface area contributed by atoms with E-state index in [2.05, 4.69) is 153 Å². The summed E-state index contributed by atoms with van der Waals surface area (Å²) in [5, 5.41) is 3.55. The van der Waals surface area contributed by atoms with E-state index in [9.17, 15) is 0 Å². The number of pyridine rings is 4. The highest BCUT2D eigenvalue weighted by atomic mass is 15.0. The highest BCUT2D eigenvalue weighted by Crippen LogP contribution is 2.41. The van der Waals surface area contributed by atoms with E-state index in [0.717, 1.165) is 83.9 Å². The van der Waals surface area contributed by atoms with Crippen LogP contribution in [0.1, 0.15) is 0 Å². The fraction of sp³-hybridized carbons (Fsp3) is 0. The van der Waals surface area contributed by atoms with Gasteiger partial charge in [0.25, 0.3) is 0 Å². The molecule has 0 saturated carbocycles. The lowest BCUT2D eigenvalue weighted by atomic mass is 10.00. The molecule has 56 heavy (non-hydrogen) atoms. The van der Waals surface area contributed by atoms with Crippen molar-refractivity contribution in [2.75, 3.05) is 0 Å². The van der Waals surface area contributed by atoms with Crippen LogP contribution in [0.15, 0.2) is 195 Å². The highest BCUT2D eigenvalue weighted by molar-refractivity contribution is 6.15. The fourth-order valence-electron chi connectivity index (χ4n) is 8.17. The van der Waals surface area contributed by atoms with Crippen LogP contribution in [0, 0.1) is 0 Å². The lowest BCUT2D eigenvalue weighted by Gasteiger charge is -2.14. The maximum atomic E-state index is 4.98. The van der Waals surface area contributed by atoms with E-state index in [1.165, 1.54) is 16.3 Å². The summed E-state index contributed by atoms with van der Waals surface area (Å²) in [7, 11) is 0. The van der Waals surface area contributed by atoms with Gasteiger partial charge in [-0.3, -0.25) is 15.0 Å². The Balaban J connectivity index is 1.08. The molecule has 0 saturated heterocycles. The fourth-order valence-corrected chi connectivity index (χ4v) is 8.17. The number of rotatable bonds is 6. The Kier molecular flexibility index (Phi) is 7.38. The zero-order chi connectivity index (χ0) is 37.0. The van der Waals surface area contributed by atoms with Gasteiger partial charge in [0.2, 0.25) is 0 Å². The zero-order valence-corrected chi connectivity index (χ0v) is 30.2. The summed E-state index contributed by atoms with van der Waals surface area (Å²) in [6.07, 6.45) is 5.49. The molecular formula is C50H32N6. The van der Waals surface area contributed by atoms with Gasteiger partial charge in [-0.05, 0) is 108 Å². The molecule has 11 rings (SSSR count).